The van der Waals surface area contributed by atoms with Crippen molar-refractivity contribution in [1.82, 2.24) is 4.98 Å². The molecule has 3 rings (SSSR count). The van der Waals surface area contributed by atoms with E-state index in [1.165, 1.54) is 12.8 Å². The Bertz CT molecular complexity index is 611. The summed E-state index contributed by atoms with van der Waals surface area (Å²) in [5, 5.41) is 10.6. The summed E-state index contributed by atoms with van der Waals surface area (Å²) in [5.74, 6) is 1.68. The number of hydrogen-bond donors (Lipinski definition) is 1. The van der Waals surface area contributed by atoms with Gasteiger partial charge in [0, 0.05) is 25.6 Å². The molecule has 1 aliphatic rings. The summed E-state index contributed by atoms with van der Waals surface area (Å²) in [6, 6.07) is 9.88. The second-order valence-electron chi connectivity index (χ2n) is 5.75. The van der Waals surface area contributed by atoms with Gasteiger partial charge in [0.1, 0.15) is 5.82 Å². The molecule has 0 radical (unpaired) electrons. The number of aliphatic hydroxyl groups is 1. The zero-order chi connectivity index (χ0) is 14.7. The minimum absolute atomic E-state index is 0.0298. The highest BCUT2D eigenvalue weighted by molar-refractivity contribution is 5.84. The molecule has 1 aromatic carbocycles. The average Bonchev–Trinajstić information content (AvgIpc) is 3.34. The smallest absolute Gasteiger partial charge is 0.129 e. The van der Waals surface area contributed by atoms with Crippen molar-refractivity contribution in [2.75, 3.05) is 31.7 Å². The molecule has 4 heteroatoms. The van der Waals surface area contributed by atoms with Crippen LogP contribution in [-0.4, -0.2) is 36.9 Å². The van der Waals surface area contributed by atoms with Gasteiger partial charge in [0.05, 0.1) is 18.7 Å². The van der Waals surface area contributed by atoms with Gasteiger partial charge in [-0.1, -0.05) is 18.2 Å². The third-order valence-electron chi connectivity index (χ3n) is 3.97. The van der Waals surface area contributed by atoms with Crippen LogP contribution < -0.4 is 4.90 Å². The van der Waals surface area contributed by atoms with Crippen LogP contribution in [0.4, 0.5) is 5.82 Å². The Morgan fingerprint density at radius 3 is 2.90 bits per heavy atom. The lowest BCUT2D eigenvalue weighted by Gasteiger charge is -2.19. The summed E-state index contributed by atoms with van der Waals surface area (Å²) >= 11 is 0. The van der Waals surface area contributed by atoms with Gasteiger partial charge in [0.25, 0.3) is 0 Å². The summed E-state index contributed by atoms with van der Waals surface area (Å²) < 4.78 is 5.67. The van der Waals surface area contributed by atoms with Crippen molar-refractivity contribution >= 4 is 16.7 Å². The fraction of sp³-hybridized carbons (Fsp3) is 0.471. The van der Waals surface area contributed by atoms with E-state index >= 15 is 0 Å². The van der Waals surface area contributed by atoms with Gasteiger partial charge in [-0.05, 0) is 36.5 Å². The fourth-order valence-corrected chi connectivity index (χ4v) is 2.41. The molecule has 1 aromatic heterocycles. The first-order chi connectivity index (χ1) is 10.3. The molecule has 0 atom stereocenters. The van der Waals surface area contributed by atoms with E-state index in [2.05, 4.69) is 9.88 Å². The second-order valence-corrected chi connectivity index (χ2v) is 5.75. The highest BCUT2D eigenvalue weighted by atomic mass is 16.5. The van der Waals surface area contributed by atoms with Gasteiger partial charge >= 0.3 is 0 Å². The Morgan fingerprint density at radius 1 is 1.33 bits per heavy atom. The van der Waals surface area contributed by atoms with Crippen LogP contribution in [0.2, 0.25) is 0 Å². The predicted molar refractivity (Wildman–Crippen MR) is 84.5 cm³/mol. The van der Waals surface area contributed by atoms with Crippen molar-refractivity contribution < 1.29 is 9.84 Å². The molecule has 0 unspecified atom stereocenters. The molecule has 4 nitrogen and oxygen atoms in total. The first-order valence-corrected chi connectivity index (χ1v) is 7.56. The first-order valence-electron chi connectivity index (χ1n) is 7.56. The number of pyridine rings is 1. The number of ether oxygens (including phenoxy) is 1. The fourth-order valence-electron chi connectivity index (χ4n) is 2.41. The van der Waals surface area contributed by atoms with Crippen LogP contribution in [0.3, 0.4) is 0 Å². The SMILES string of the molecule is CN(CCOCC1CC1)c1cc(CO)c2ccccc2n1. The lowest BCUT2D eigenvalue weighted by Crippen LogP contribution is -2.24. The topological polar surface area (TPSA) is 45.6 Å². The molecule has 21 heavy (non-hydrogen) atoms. The van der Waals surface area contributed by atoms with Gasteiger partial charge in [-0.25, -0.2) is 4.98 Å². The summed E-state index contributed by atoms with van der Waals surface area (Å²) in [7, 11) is 2.01. The number of para-hydroxylation sites is 1. The Hall–Kier alpha value is -1.65. The van der Waals surface area contributed by atoms with Crippen molar-refractivity contribution in [1.29, 1.82) is 0 Å². The molecule has 1 aliphatic carbocycles. The molecule has 112 valence electrons. The number of benzene rings is 1. The molecule has 1 N–H and O–H groups in total. The van der Waals surface area contributed by atoms with Crippen LogP contribution in [0.5, 0.6) is 0 Å². The van der Waals surface area contributed by atoms with Crippen LogP contribution in [0.1, 0.15) is 18.4 Å². The molecular formula is C17H22N2O2. The maximum absolute atomic E-state index is 9.55. The number of fused-ring (bicyclic) bond motifs is 1. The van der Waals surface area contributed by atoms with Gasteiger partial charge < -0.3 is 14.7 Å². The van der Waals surface area contributed by atoms with E-state index in [0.717, 1.165) is 48.0 Å². The molecule has 0 aliphatic heterocycles. The maximum Gasteiger partial charge on any atom is 0.129 e. The van der Waals surface area contributed by atoms with Crippen LogP contribution in [0, 0.1) is 5.92 Å². The second kappa shape index (κ2) is 6.41. The number of rotatable bonds is 7. The molecule has 0 bridgehead atoms. The van der Waals surface area contributed by atoms with E-state index < -0.39 is 0 Å². The van der Waals surface area contributed by atoms with E-state index in [-0.39, 0.29) is 6.61 Å². The lowest BCUT2D eigenvalue weighted by atomic mass is 10.1. The van der Waals surface area contributed by atoms with Crippen molar-refractivity contribution in [3.63, 3.8) is 0 Å². The van der Waals surface area contributed by atoms with E-state index in [4.69, 9.17) is 4.74 Å². The summed E-state index contributed by atoms with van der Waals surface area (Å²) in [4.78, 5) is 6.75. The normalized spacial score (nSPS) is 14.6. The zero-order valence-corrected chi connectivity index (χ0v) is 12.5. The van der Waals surface area contributed by atoms with Crippen LogP contribution in [0.15, 0.2) is 30.3 Å². The van der Waals surface area contributed by atoms with Crippen molar-refractivity contribution in [3.05, 3.63) is 35.9 Å². The van der Waals surface area contributed by atoms with E-state index in [0.29, 0.717) is 0 Å². The van der Waals surface area contributed by atoms with E-state index in [9.17, 15) is 5.11 Å². The number of hydrogen-bond acceptors (Lipinski definition) is 4. The predicted octanol–water partition coefficient (Wildman–Crippen LogP) is 2.59. The maximum atomic E-state index is 9.55. The van der Waals surface area contributed by atoms with Crippen molar-refractivity contribution in [3.8, 4) is 0 Å². The summed E-state index contributed by atoms with van der Waals surface area (Å²) in [5.41, 5.74) is 1.84. The van der Waals surface area contributed by atoms with Gasteiger partial charge in [-0.2, -0.15) is 0 Å². The zero-order valence-electron chi connectivity index (χ0n) is 12.5. The highest BCUT2D eigenvalue weighted by Gasteiger charge is 2.21. The number of likely N-dealkylation sites (N-methyl/N-ethyl adjacent to an activating group) is 1. The monoisotopic (exact) mass is 286 g/mol. The van der Waals surface area contributed by atoms with Crippen molar-refractivity contribution in [2.24, 2.45) is 5.92 Å². The molecule has 0 spiro atoms. The van der Waals surface area contributed by atoms with Gasteiger partial charge in [0.2, 0.25) is 0 Å². The van der Waals surface area contributed by atoms with Gasteiger partial charge in [0.15, 0.2) is 0 Å². The third-order valence-corrected chi connectivity index (χ3v) is 3.97. The number of nitrogens with zero attached hydrogens (tertiary/aromatic N) is 2. The first kappa shape index (κ1) is 14.3. The molecule has 1 heterocycles. The minimum atomic E-state index is 0.0298. The quantitative estimate of drug-likeness (QED) is 0.795. The highest BCUT2D eigenvalue weighted by Crippen LogP contribution is 2.28. The molecule has 0 amide bonds. The molecule has 1 fully saturated rings. The van der Waals surface area contributed by atoms with Crippen molar-refractivity contribution in [2.45, 2.75) is 19.4 Å². The third kappa shape index (κ3) is 3.52. The van der Waals surface area contributed by atoms with Crippen LogP contribution in [-0.2, 0) is 11.3 Å². The summed E-state index contributed by atoms with van der Waals surface area (Å²) in [6.07, 6.45) is 2.64. The Labute approximate surface area is 125 Å². The summed E-state index contributed by atoms with van der Waals surface area (Å²) in [6.45, 7) is 2.45. The van der Waals surface area contributed by atoms with Gasteiger partial charge in [-0.15, -0.1) is 0 Å². The lowest BCUT2D eigenvalue weighted by molar-refractivity contribution is 0.131. The Morgan fingerprint density at radius 2 is 2.14 bits per heavy atom. The van der Waals surface area contributed by atoms with Gasteiger partial charge in [-0.3, -0.25) is 0 Å². The molecule has 2 aromatic rings. The number of anilines is 1. The molecule has 0 saturated heterocycles. The minimum Gasteiger partial charge on any atom is -0.392 e. The standard InChI is InChI=1S/C17H22N2O2/c1-19(8-9-21-12-13-6-7-13)17-10-14(11-20)15-4-2-3-5-16(15)18-17/h2-5,10,13,20H,6-9,11-12H2,1H3. The molecule has 1 saturated carbocycles. The Balaban J connectivity index is 1.69. The number of aromatic nitrogens is 1. The van der Waals surface area contributed by atoms with E-state index in [1.807, 2.05) is 37.4 Å². The Kier molecular flexibility index (Phi) is 4.36. The van der Waals surface area contributed by atoms with Crippen LogP contribution in [0.25, 0.3) is 10.9 Å². The molecular weight excluding hydrogens is 264 g/mol. The average molecular weight is 286 g/mol. The largest absolute Gasteiger partial charge is 0.392 e. The van der Waals surface area contributed by atoms with Crippen LogP contribution >= 0.6 is 0 Å². The van der Waals surface area contributed by atoms with E-state index in [1.54, 1.807) is 0 Å². The number of aliphatic hydroxyl groups excluding tert-OH is 1.